The van der Waals surface area contributed by atoms with Gasteiger partial charge in [0.05, 0.1) is 17.2 Å². The number of halogens is 3. The molecule has 0 aliphatic carbocycles. The van der Waals surface area contributed by atoms with Gasteiger partial charge < -0.3 is 10.4 Å². The molecule has 1 aliphatic rings. The highest BCUT2D eigenvalue weighted by molar-refractivity contribution is 6.02. The van der Waals surface area contributed by atoms with Crippen LogP contribution < -0.4 is 5.32 Å². The Morgan fingerprint density at radius 3 is 2.39 bits per heavy atom. The van der Waals surface area contributed by atoms with E-state index >= 15 is 0 Å². The third kappa shape index (κ3) is 5.93. The van der Waals surface area contributed by atoms with Crippen LogP contribution in [0.25, 0.3) is 5.57 Å². The summed E-state index contributed by atoms with van der Waals surface area (Å²) < 4.78 is 40.1. The third-order valence-electron chi connectivity index (χ3n) is 6.17. The van der Waals surface area contributed by atoms with E-state index in [1.807, 2.05) is 12.1 Å². The SMILES string of the molecule is N#Cc1ccc(CN2CCC(c3ccc(O)cc3)=C(C(=O)NCc3ccccc3C(F)(F)F)C2)cc1. The van der Waals surface area contributed by atoms with Gasteiger partial charge in [0, 0.05) is 31.8 Å². The zero-order valence-electron chi connectivity index (χ0n) is 19.3. The number of alkyl halides is 3. The first-order valence-electron chi connectivity index (χ1n) is 11.4. The largest absolute Gasteiger partial charge is 0.508 e. The van der Waals surface area contributed by atoms with Crippen molar-refractivity contribution < 1.29 is 23.1 Å². The minimum Gasteiger partial charge on any atom is -0.508 e. The molecule has 0 saturated heterocycles. The van der Waals surface area contributed by atoms with Gasteiger partial charge in [-0.25, -0.2) is 0 Å². The van der Waals surface area contributed by atoms with Gasteiger partial charge in [0.25, 0.3) is 0 Å². The van der Waals surface area contributed by atoms with Crippen molar-refractivity contribution in [2.75, 3.05) is 13.1 Å². The summed E-state index contributed by atoms with van der Waals surface area (Å²) >= 11 is 0. The summed E-state index contributed by atoms with van der Waals surface area (Å²) in [6.45, 7) is 1.28. The molecular weight excluding hydrogens is 467 g/mol. The summed E-state index contributed by atoms with van der Waals surface area (Å²) in [4.78, 5) is 15.4. The first-order chi connectivity index (χ1) is 17.2. The lowest BCUT2D eigenvalue weighted by Gasteiger charge is -2.31. The molecule has 36 heavy (non-hydrogen) atoms. The Morgan fingerprint density at radius 2 is 1.72 bits per heavy atom. The highest BCUT2D eigenvalue weighted by Gasteiger charge is 2.33. The molecule has 0 unspecified atom stereocenters. The molecular formula is C28H24F3N3O2. The van der Waals surface area contributed by atoms with Crippen LogP contribution in [-0.2, 0) is 24.1 Å². The standard InChI is InChI=1S/C28H24F3N3O2/c29-28(30,31)26-4-2-1-3-22(26)16-33-27(36)25-18-34(17-20-7-5-19(15-32)6-8-20)14-13-24(25)21-9-11-23(35)12-10-21/h1-12,35H,13-14,16-18H2,(H,33,36). The summed E-state index contributed by atoms with van der Waals surface area (Å²) in [7, 11) is 0. The van der Waals surface area contributed by atoms with Crippen LogP contribution in [0.15, 0.2) is 78.4 Å². The number of hydrogen-bond donors (Lipinski definition) is 2. The maximum atomic E-state index is 13.4. The number of rotatable bonds is 6. The predicted octanol–water partition coefficient (Wildman–Crippen LogP) is 5.26. The van der Waals surface area contributed by atoms with Gasteiger partial charge in [0.15, 0.2) is 0 Å². The zero-order chi connectivity index (χ0) is 25.7. The number of phenols is 1. The van der Waals surface area contributed by atoms with Crippen LogP contribution >= 0.6 is 0 Å². The van der Waals surface area contributed by atoms with Crippen molar-refractivity contribution in [2.24, 2.45) is 0 Å². The number of aromatic hydroxyl groups is 1. The van der Waals surface area contributed by atoms with E-state index in [9.17, 15) is 23.1 Å². The molecule has 0 radical (unpaired) electrons. The van der Waals surface area contributed by atoms with E-state index in [4.69, 9.17) is 5.26 Å². The Balaban J connectivity index is 1.57. The van der Waals surface area contributed by atoms with Crippen molar-refractivity contribution in [3.8, 4) is 11.8 Å². The second kappa shape index (κ2) is 10.7. The Labute approximate surface area is 207 Å². The second-order valence-corrected chi connectivity index (χ2v) is 8.61. The maximum Gasteiger partial charge on any atom is 0.416 e. The van der Waals surface area contributed by atoms with Gasteiger partial charge in [-0.2, -0.15) is 18.4 Å². The Kier molecular flexibility index (Phi) is 7.41. The molecule has 0 bridgehead atoms. The number of nitrogens with zero attached hydrogens (tertiary/aromatic N) is 2. The molecule has 2 N–H and O–H groups in total. The zero-order valence-corrected chi connectivity index (χ0v) is 19.3. The monoisotopic (exact) mass is 491 g/mol. The van der Waals surface area contributed by atoms with Crippen molar-refractivity contribution in [1.82, 2.24) is 10.2 Å². The minimum atomic E-state index is -4.51. The van der Waals surface area contributed by atoms with Crippen molar-refractivity contribution >= 4 is 11.5 Å². The van der Waals surface area contributed by atoms with Gasteiger partial charge in [0.2, 0.25) is 5.91 Å². The lowest BCUT2D eigenvalue weighted by molar-refractivity contribution is -0.138. The van der Waals surface area contributed by atoms with Crippen LogP contribution in [0.3, 0.4) is 0 Å². The molecule has 1 aliphatic heterocycles. The summed E-state index contributed by atoms with van der Waals surface area (Å²) in [6.07, 6.45) is -3.95. The van der Waals surface area contributed by atoms with Crippen molar-refractivity contribution in [3.05, 3.63) is 106 Å². The van der Waals surface area contributed by atoms with Gasteiger partial charge in [-0.1, -0.05) is 42.5 Å². The molecule has 0 spiro atoms. The number of phenolic OH excluding ortho intramolecular Hbond substituents is 1. The first-order valence-corrected chi connectivity index (χ1v) is 11.4. The van der Waals surface area contributed by atoms with Crippen molar-refractivity contribution in [1.29, 1.82) is 5.26 Å². The Bertz CT molecular complexity index is 1310. The number of carbonyl (C=O) groups is 1. The smallest absolute Gasteiger partial charge is 0.416 e. The van der Waals surface area contributed by atoms with Gasteiger partial charge >= 0.3 is 6.18 Å². The molecule has 184 valence electrons. The molecule has 0 saturated carbocycles. The molecule has 8 heteroatoms. The van der Waals surface area contributed by atoms with E-state index in [1.165, 1.54) is 18.2 Å². The fourth-order valence-corrected chi connectivity index (χ4v) is 4.32. The summed E-state index contributed by atoms with van der Waals surface area (Å²) in [5.74, 6) is -0.327. The molecule has 0 atom stereocenters. The van der Waals surface area contributed by atoms with Gasteiger partial charge in [0.1, 0.15) is 5.75 Å². The van der Waals surface area contributed by atoms with Crippen LogP contribution in [0.2, 0.25) is 0 Å². The molecule has 1 amide bonds. The normalized spacial score (nSPS) is 14.4. The van der Waals surface area contributed by atoms with E-state index in [2.05, 4.69) is 16.3 Å². The summed E-state index contributed by atoms with van der Waals surface area (Å²) in [5, 5.41) is 21.3. The minimum absolute atomic E-state index is 0.00428. The van der Waals surface area contributed by atoms with Crippen molar-refractivity contribution in [3.63, 3.8) is 0 Å². The lowest BCUT2D eigenvalue weighted by atomic mass is 9.92. The molecule has 0 aromatic heterocycles. The topological polar surface area (TPSA) is 76.4 Å². The first kappa shape index (κ1) is 25.0. The van der Waals surface area contributed by atoms with Gasteiger partial charge in [-0.15, -0.1) is 0 Å². The number of nitriles is 1. The van der Waals surface area contributed by atoms with Crippen LogP contribution in [-0.4, -0.2) is 29.0 Å². The molecule has 3 aromatic carbocycles. The molecule has 5 nitrogen and oxygen atoms in total. The summed E-state index contributed by atoms with van der Waals surface area (Å²) in [6, 6.07) is 21.0. The number of benzene rings is 3. The average Bonchev–Trinajstić information content (AvgIpc) is 2.88. The maximum absolute atomic E-state index is 13.4. The molecule has 0 fully saturated rings. The van der Waals surface area contributed by atoms with Crippen LogP contribution in [0.5, 0.6) is 5.75 Å². The van der Waals surface area contributed by atoms with E-state index in [0.29, 0.717) is 37.2 Å². The number of hydrogen-bond acceptors (Lipinski definition) is 4. The van der Waals surface area contributed by atoms with E-state index in [1.54, 1.807) is 36.4 Å². The van der Waals surface area contributed by atoms with Crippen molar-refractivity contribution in [2.45, 2.75) is 25.7 Å². The number of amides is 1. The van der Waals surface area contributed by atoms with E-state index < -0.39 is 17.6 Å². The molecule has 3 aromatic rings. The molecule has 4 rings (SSSR count). The van der Waals surface area contributed by atoms with Gasteiger partial charge in [-0.3, -0.25) is 9.69 Å². The summed E-state index contributed by atoms with van der Waals surface area (Å²) in [5.41, 5.74) is 2.83. The van der Waals surface area contributed by atoms with Crippen LogP contribution in [0.4, 0.5) is 13.2 Å². The highest BCUT2D eigenvalue weighted by atomic mass is 19.4. The Hall–Kier alpha value is -4.09. The predicted molar refractivity (Wildman–Crippen MR) is 129 cm³/mol. The van der Waals surface area contributed by atoms with E-state index in [-0.39, 0.29) is 17.9 Å². The molecule has 1 heterocycles. The lowest BCUT2D eigenvalue weighted by Crippen LogP contribution is -2.37. The highest BCUT2D eigenvalue weighted by Crippen LogP contribution is 2.32. The third-order valence-corrected chi connectivity index (χ3v) is 6.17. The fourth-order valence-electron chi connectivity index (χ4n) is 4.32. The van der Waals surface area contributed by atoms with Crippen LogP contribution in [0.1, 0.15) is 34.2 Å². The van der Waals surface area contributed by atoms with E-state index in [0.717, 1.165) is 22.8 Å². The second-order valence-electron chi connectivity index (χ2n) is 8.61. The van der Waals surface area contributed by atoms with Gasteiger partial charge in [-0.05, 0) is 59.0 Å². The van der Waals surface area contributed by atoms with Crippen LogP contribution in [0, 0.1) is 11.3 Å². The number of nitrogens with one attached hydrogen (secondary N) is 1. The quantitative estimate of drug-likeness (QED) is 0.493. The fraction of sp³-hybridized carbons (Fsp3) is 0.214. The number of carbonyl (C=O) groups excluding carboxylic acids is 1. The Morgan fingerprint density at radius 1 is 1.03 bits per heavy atom. The average molecular weight is 492 g/mol.